The summed E-state index contributed by atoms with van der Waals surface area (Å²) in [5.41, 5.74) is 2.86. The fourth-order valence-electron chi connectivity index (χ4n) is 3.37. The van der Waals surface area contributed by atoms with E-state index in [2.05, 4.69) is 5.32 Å². The maximum atomic E-state index is 12.7. The zero-order valence-corrected chi connectivity index (χ0v) is 16.7. The summed E-state index contributed by atoms with van der Waals surface area (Å²) in [6, 6.07) is 15.1. The summed E-state index contributed by atoms with van der Waals surface area (Å²) in [5, 5.41) is 12.9. The molecule has 0 unspecified atom stereocenters. The lowest BCUT2D eigenvalue weighted by atomic mass is 9.98. The van der Waals surface area contributed by atoms with Crippen LogP contribution in [0.5, 0.6) is 0 Å². The molecule has 2 N–H and O–H groups in total. The zero-order chi connectivity index (χ0) is 20.3. The van der Waals surface area contributed by atoms with Gasteiger partial charge in [-0.3, -0.25) is 9.59 Å². The number of aliphatic hydroxyl groups is 1. The molecule has 0 saturated carbocycles. The molecule has 0 aromatic heterocycles. The average molecular weight is 380 g/mol. The molecule has 148 valence electrons. The number of anilines is 1. The summed E-state index contributed by atoms with van der Waals surface area (Å²) < 4.78 is 0. The number of nitrogens with zero attached hydrogens (tertiary/aromatic N) is 1. The number of nitrogens with one attached hydrogen (secondary N) is 1. The molecule has 1 aliphatic heterocycles. The highest BCUT2D eigenvalue weighted by Gasteiger charge is 2.31. The maximum Gasteiger partial charge on any atom is 0.251 e. The first-order valence-electron chi connectivity index (χ1n) is 9.70. The van der Waals surface area contributed by atoms with Crippen LogP contribution in [-0.4, -0.2) is 35.1 Å². The van der Waals surface area contributed by atoms with Crippen LogP contribution < -0.4 is 10.2 Å². The first-order chi connectivity index (χ1) is 13.2. The van der Waals surface area contributed by atoms with E-state index in [0.29, 0.717) is 31.4 Å². The number of benzene rings is 2. The van der Waals surface area contributed by atoms with Crippen LogP contribution in [0.15, 0.2) is 48.5 Å². The Bertz CT molecular complexity index is 853. The Morgan fingerprint density at radius 2 is 1.93 bits per heavy atom. The van der Waals surface area contributed by atoms with Crippen molar-refractivity contribution >= 4 is 17.5 Å². The number of rotatable bonds is 6. The van der Waals surface area contributed by atoms with Gasteiger partial charge in [-0.05, 0) is 63.4 Å². The van der Waals surface area contributed by atoms with E-state index in [1.165, 1.54) is 0 Å². The quantitative estimate of drug-likeness (QED) is 0.808. The van der Waals surface area contributed by atoms with Crippen molar-refractivity contribution in [2.75, 3.05) is 11.4 Å². The van der Waals surface area contributed by atoms with Gasteiger partial charge in [-0.15, -0.1) is 0 Å². The largest absolute Gasteiger partial charge is 0.390 e. The molecule has 28 heavy (non-hydrogen) atoms. The predicted octanol–water partition coefficient (Wildman–Crippen LogP) is 3.23. The molecule has 2 aromatic carbocycles. The monoisotopic (exact) mass is 380 g/mol. The second-order valence-corrected chi connectivity index (χ2v) is 8.23. The lowest BCUT2D eigenvalue weighted by Crippen LogP contribution is -2.37. The molecule has 1 heterocycles. The van der Waals surface area contributed by atoms with Gasteiger partial charge in [-0.2, -0.15) is 0 Å². The van der Waals surface area contributed by atoms with Crippen molar-refractivity contribution in [3.05, 3.63) is 65.2 Å². The van der Waals surface area contributed by atoms with Gasteiger partial charge in [0.2, 0.25) is 5.91 Å². The van der Waals surface area contributed by atoms with Crippen LogP contribution in [0.25, 0.3) is 0 Å². The summed E-state index contributed by atoms with van der Waals surface area (Å²) in [6.45, 7) is 6.04. The molecule has 0 spiro atoms. The number of carbonyl (C=O) groups excluding carboxylic acids is 2. The Hall–Kier alpha value is -2.66. The zero-order valence-electron chi connectivity index (χ0n) is 16.7. The SMILES string of the molecule is Cc1ccc(N2C[C@@H](NC(=O)c3cccc(CCC(C)(C)O)c3)CC2=O)cc1. The van der Waals surface area contributed by atoms with Crippen molar-refractivity contribution < 1.29 is 14.7 Å². The van der Waals surface area contributed by atoms with Crippen LogP contribution in [0.4, 0.5) is 5.69 Å². The Morgan fingerprint density at radius 1 is 1.21 bits per heavy atom. The molecule has 2 aromatic rings. The predicted molar refractivity (Wildman–Crippen MR) is 110 cm³/mol. The average Bonchev–Trinajstić information content (AvgIpc) is 3.00. The molecule has 1 aliphatic rings. The summed E-state index contributed by atoms with van der Waals surface area (Å²) in [7, 11) is 0. The smallest absolute Gasteiger partial charge is 0.251 e. The van der Waals surface area contributed by atoms with Gasteiger partial charge in [0.05, 0.1) is 11.6 Å². The lowest BCUT2D eigenvalue weighted by molar-refractivity contribution is -0.117. The number of carbonyl (C=O) groups is 2. The molecule has 0 radical (unpaired) electrons. The van der Waals surface area contributed by atoms with Crippen LogP contribution in [0.2, 0.25) is 0 Å². The Balaban J connectivity index is 1.62. The van der Waals surface area contributed by atoms with Crippen molar-refractivity contribution in [3.63, 3.8) is 0 Å². The standard InChI is InChI=1S/C23H28N2O3/c1-16-7-9-20(10-8-16)25-15-19(14-21(25)26)24-22(27)18-6-4-5-17(13-18)11-12-23(2,3)28/h4-10,13,19,28H,11-12,14-15H2,1-3H3,(H,24,27)/t19-/m0/s1. The molecule has 1 fully saturated rings. The summed E-state index contributed by atoms with van der Waals surface area (Å²) in [4.78, 5) is 26.8. The normalized spacial score (nSPS) is 17.1. The molecule has 0 aliphatic carbocycles. The number of aryl methyl sites for hydroxylation is 2. The highest BCUT2D eigenvalue weighted by atomic mass is 16.3. The second-order valence-electron chi connectivity index (χ2n) is 8.23. The van der Waals surface area contributed by atoms with Gasteiger partial charge in [-0.1, -0.05) is 29.8 Å². The Morgan fingerprint density at radius 3 is 2.61 bits per heavy atom. The van der Waals surface area contributed by atoms with Gasteiger partial charge >= 0.3 is 0 Å². The number of hydrogen-bond donors (Lipinski definition) is 2. The number of hydrogen-bond acceptors (Lipinski definition) is 3. The fourth-order valence-corrected chi connectivity index (χ4v) is 3.37. The lowest BCUT2D eigenvalue weighted by Gasteiger charge is -2.18. The molecule has 1 saturated heterocycles. The highest BCUT2D eigenvalue weighted by Crippen LogP contribution is 2.22. The van der Waals surface area contributed by atoms with Gasteiger partial charge in [0.25, 0.3) is 5.91 Å². The summed E-state index contributed by atoms with van der Waals surface area (Å²) in [6.07, 6.45) is 1.63. The van der Waals surface area contributed by atoms with Crippen molar-refractivity contribution in [3.8, 4) is 0 Å². The third kappa shape index (κ3) is 5.20. The molecule has 2 amide bonds. The fraction of sp³-hybridized carbons (Fsp3) is 0.391. The molecular weight excluding hydrogens is 352 g/mol. The topological polar surface area (TPSA) is 69.6 Å². The van der Waals surface area contributed by atoms with Gasteiger partial charge in [-0.25, -0.2) is 0 Å². The number of amides is 2. The first-order valence-corrected chi connectivity index (χ1v) is 9.70. The summed E-state index contributed by atoms with van der Waals surface area (Å²) >= 11 is 0. The van der Waals surface area contributed by atoms with Crippen molar-refractivity contribution in [2.24, 2.45) is 0 Å². The molecule has 3 rings (SSSR count). The van der Waals surface area contributed by atoms with E-state index in [4.69, 9.17) is 0 Å². The van der Waals surface area contributed by atoms with E-state index in [1.54, 1.807) is 24.8 Å². The van der Waals surface area contributed by atoms with E-state index in [-0.39, 0.29) is 17.9 Å². The van der Waals surface area contributed by atoms with E-state index < -0.39 is 5.60 Å². The third-order valence-corrected chi connectivity index (χ3v) is 5.02. The minimum Gasteiger partial charge on any atom is -0.390 e. The van der Waals surface area contributed by atoms with Gasteiger partial charge < -0.3 is 15.3 Å². The molecule has 0 bridgehead atoms. The van der Waals surface area contributed by atoms with E-state index in [9.17, 15) is 14.7 Å². The van der Waals surface area contributed by atoms with Crippen LogP contribution in [0, 0.1) is 6.92 Å². The van der Waals surface area contributed by atoms with Crippen LogP contribution in [-0.2, 0) is 11.2 Å². The molecule has 5 heteroatoms. The maximum absolute atomic E-state index is 12.7. The van der Waals surface area contributed by atoms with Crippen LogP contribution >= 0.6 is 0 Å². The minimum absolute atomic E-state index is 0.0214. The first kappa shape index (κ1) is 20.1. The van der Waals surface area contributed by atoms with E-state index in [1.807, 2.05) is 49.4 Å². The molecule has 5 nitrogen and oxygen atoms in total. The van der Waals surface area contributed by atoms with Crippen LogP contribution in [0.1, 0.15) is 48.2 Å². The second kappa shape index (κ2) is 8.15. The highest BCUT2D eigenvalue weighted by molar-refractivity contribution is 5.99. The van der Waals surface area contributed by atoms with Crippen LogP contribution in [0.3, 0.4) is 0 Å². The van der Waals surface area contributed by atoms with Crippen molar-refractivity contribution in [1.29, 1.82) is 0 Å². The third-order valence-electron chi connectivity index (χ3n) is 5.02. The van der Waals surface area contributed by atoms with E-state index in [0.717, 1.165) is 16.8 Å². The van der Waals surface area contributed by atoms with Gasteiger partial charge in [0, 0.05) is 24.2 Å². The molecular formula is C23H28N2O3. The Labute approximate surface area is 166 Å². The Kier molecular flexibility index (Phi) is 5.84. The summed E-state index contributed by atoms with van der Waals surface area (Å²) in [5.74, 6) is -0.151. The minimum atomic E-state index is -0.734. The van der Waals surface area contributed by atoms with Gasteiger partial charge in [0.15, 0.2) is 0 Å². The van der Waals surface area contributed by atoms with Crippen molar-refractivity contribution in [2.45, 2.75) is 51.7 Å². The molecule has 1 atom stereocenters. The van der Waals surface area contributed by atoms with E-state index >= 15 is 0 Å². The van der Waals surface area contributed by atoms with Crippen molar-refractivity contribution in [1.82, 2.24) is 5.32 Å². The van der Waals surface area contributed by atoms with Gasteiger partial charge in [0.1, 0.15) is 0 Å².